The molecule has 1 aliphatic rings. The fourth-order valence-electron chi connectivity index (χ4n) is 3.21. The number of benzene rings is 2. The molecule has 0 spiro atoms. The van der Waals surface area contributed by atoms with Crippen LogP contribution in [0, 0.1) is 5.92 Å². The molecule has 5 nitrogen and oxygen atoms in total. The minimum absolute atomic E-state index is 0.224. The van der Waals surface area contributed by atoms with Crippen molar-refractivity contribution in [2.45, 2.75) is 19.3 Å². The number of rotatable bonds is 6. The lowest BCUT2D eigenvalue weighted by Crippen LogP contribution is -2.34. The summed E-state index contributed by atoms with van der Waals surface area (Å²) in [6.45, 7) is 2.96. The number of hydrogen-bond acceptors (Lipinski definition) is 3. The van der Waals surface area contributed by atoms with Crippen molar-refractivity contribution in [3.8, 4) is 11.5 Å². The molecule has 0 aromatic heterocycles. The van der Waals surface area contributed by atoms with E-state index in [2.05, 4.69) is 22.6 Å². The topological polar surface area (TPSA) is 53.6 Å². The Bertz CT molecular complexity index is 761. The third-order valence-corrected chi connectivity index (χ3v) is 5.18. The molecule has 0 aliphatic carbocycles. The highest BCUT2D eigenvalue weighted by atomic mass is 35.5. The molecule has 1 aliphatic heterocycles. The van der Waals surface area contributed by atoms with Gasteiger partial charge in [0.1, 0.15) is 5.75 Å². The zero-order valence-corrected chi connectivity index (χ0v) is 16.3. The lowest BCUT2D eigenvalue weighted by molar-refractivity contribution is 0.211. The molecule has 1 fully saturated rings. The molecule has 2 aromatic rings. The number of carbonyl (C=O) groups is 1. The highest BCUT2D eigenvalue weighted by molar-refractivity contribution is 6.32. The second kappa shape index (κ2) is 9.62. The van der Waals surface area contributed by atoms with Gasteiger partial charge in [0, 0.05) is 6.54 Å². The Balaban J connectivity index is 1.51. The van der Waals surface area contributed by atoms with Crippen molar-refractivity contribution >= 4 is 23.3 Å². The third-order valence-electron chi connectivity index (χ3n) is 4.87. The average Bonchev–Trinajstić information content (AvgIpc) is 2.67. The summed E-state index contributed by atoms with van der Waals surface area (Å²) in [4.78, 5) is 14.6. The first-order valence-electron chi connectivity index (χ1n) is 9.36. The van der Waals surface area contributed by atoms with E-state index in [0.29, 0.717) is 34.7 Å². The normalized spacial score (nSPS) is 15.3. The summed E-state index contributed by atoms with van der Waals surface area (Å²) in [5.74, 6) is 1.80. The van der Waals surface area contributed by atoms with Crippen molar-refractivity contribution in [1.82, 2.24) is 10.2 Å². The van der Waals surface area contributed by atoms with Crippen molar-refractivity contribution in [3.63, 3.8) is 0 Å². The molecule has 2 amide bonds. The van der Waals surface area contributed by atoms with E-state index in [-0.39, 0.29) is 6.03 Å². The molecule has 2 N–H and O–H groups in total. The van der Waals surface area contributed by atoms with Gasteiger partial charge in [-0.1, -0.05) is 35.9 Å². The van der Waals surface area contributed by atoms with Crippen LogP contribution in [0.2, 0.25) is 5.02 Å². The number of nitrogens with zero attached hydrogens (tertiary/aromatic N) is 1. The van der Waals surface area contributed by atoms with E-state index in [9.17, 15) is 4.79 Å². The summed E-state index contributed by atoms with van der Waals surface area (Å²) in [6.07, 6.45) is 3.42. The van der Waals surface area contributed by atoms with Gasteiger partial charge in [-0.05, 0) is 69.6 Å². The second-order valence-corrected chi connectivity index (χ2v) is 7.35. The molecule has 0 atom stereocenters. The van der Waals surface area contributed by atoms with Crippen LogP contribution in [-0.2, 0) is 0 Å². The van der Waals surface area contributed by atoms with E-state index in [0.717, 1.165) is 19.5 Å². The van der Waals surface area contributed by atoms with Gasteiger partial charge >= 0.3 is 6.03 Å². The Morgan fingerprint density at radius 1 is 1.11 bits per heavy atom. The highest BCUT2D eigenvalue weighted by Gasteiger charge is 2.16. The van der Waals surface area contributed by atoms with Crippen LogP contribution in [0.25, 0.3) is 0 Å². The molecule has 144 valence electrons. The van der Waals surface area contributed by atoms with E-state index in [1.165, 1.54) is 12.8 Å². The number of ether oxygens (including phenoxy) is 1. The number of hydrogen-bond donors (Lipinski definition) is 2. The molecule has 6 heteroatoms. The molecule has 1 heterocycles. The van der Waals surface area contributed by atoms with Crippen LogP contribution in [0.4, 0.5) is 10.5 Å². The molecule has 27 heavy (non-hydrogen) atoms. The molecule has 0 saturated carbocycles. The number of carbonyl (C=O) groups excluding carboxylic acids is 1. The minimum atomic E-state index is -0.224. The molecular weight excluding hydrogens is 362 g/mol. The predicted octanol–water partition coefficient (Wildman–Crippen LogP) is 4.99. The number of likely N-dealkylation sites (tertiary alicyclic amines) is 1. The summed E-state index contributed by atoms with van der Waals surface area (Å²) in [5.41, 5.74) is 0.606. The molecular formula is C21H26ClN3O2. The van der Waals surface area contributed by atoms with E-state index in [1.807, 2.05) is 30.3 Å². The Morgan fingerprint density at radius 3 is 2.52 bits per heavy atom. The van der Waals surface area contributed by atoms with Gasteiger partial charge in [0.15, 0.2) is 5.75 Å². The summed E-state index contributed by atoms with van der Waals surface area (Å²) in [5, 5.41) is 6.34. The van der Waals surface area contributed by atoms with Crippen molar-refractivity contribution < 1.29 is 9.53 Å². The number of amides is 2. The molecule has 3 rings (SSSR count). The number of urea groups is 1. The maximum atomic E-state index is 12.3. The van der Waals surface area contributed by atoms with Gasteiger partial charge in [-0.2, -0.15) is 0 Å². The first-order valence-corrected chi connectivity index (χ1v) is 9.74. The number of halogens is 1. The molecule has 1 saturated heterocycles. The van der Waals surface area contributed by atoms with Crippen LogP contribution in [-0.4, -0.2) is 37.6 Å². The Kier molecular flexibility index (Phi) is 6.96. The number of piperidine rings is 1. The fourth-order valence-corrected chi connectivity index (χ4v) is 3.39. The summed E-state index contributed by atoms with van der Waals surface area (Å²) in [6, 6.07) is 14.4. The summed E-state index contributed by atoms with van der Waals surface area (Å²) >= 11 is 6.16. The second-order valence-electron chi connectivity index (χ2n) is 6.94. The van der Waals surface area contributed by atoms with Crippen molar-refractivity contribution in [3.05, 3.63) is 53.6 Å². The van der Waals surface area contributed by atoms with Gasteiger partial charge in [0.25, 0.3) is 0 Å². The van der Waals surface area contributed by atoms with E-state index < -0.39 is 0 Å². The van der Waals surface area contributed by atoms with Crippen LogP contribution in [0.5, 0.6) is 11.5 Å². The largest absolute Gasteiger partial charge is 0.454 e. The van der Waals surface area contributed by atoms with E-state index in [4.69, 9.17) is 16.3 Å². The van der Waals surface area contributed by atoms with Crippen LogP contribution < -0.4 is 15.4 Å². The smallest absolute Gasteiger partial charge is 0.319 e. The number of nitrogens with one attached hydrogen (secondary N) is 2. The third kappa shape index (κ3) is 5.88. The molecule has 0 radical (unpaired) electrons. The fraction of sp³-hybridized carbons (Fsp3) is 0.381. The van der Waals surface area contributed by atoms with E-state index >= 15 is 0 Å². The van der Waals surface area contributed by atoms with Gasteiger partial charge in [0.05, 0.1) is 10.7 Å². The van der Waals surface area contributed by atoms with E-state index in [1.54, 1.807) is 18.2 Å². The first-order chi connectivity index (χ1) is 13.1. The predicted molar refractivity (Wildman–Crippen MR) is 110 cm³/mol. The van der Waals surface area contributed by atoms with Gasteiger partial charge in [0.2, 0.25) is 0 Å². The minimum Gasteiger partial charge on any atom is -0.454 e. The Morgan fingerprint density at radius 2 is 1.78 bits per heavy atom. The zero-order chi connectivity index (χ0) is 19.1. The van der Waals surface area contributed by atoms with Gasteiger partial charge < -0.3 is 20.3 Å². The molecule has 0 bridgehead atoms. The monoisotopic (exact) mass is 387 g/mol. The number of anilines is 1. The quantitative estimate of drug-likeness (QED) is 0.734. The zero-order valence-electron chi connectivity index (χ0n) is 15.6. The summed E-state index contributed by atoms with van der Waals surface area (Å²) < 4.78 is 5.87. The SMILES string of the molecule is CN1CCC(CCNC(=O)Nc2ccccc2Oc2ccccc2Cl)CC1. The standard InChI is InChI=1S/C21H26ClN3O2/c1-25-14-11-16(12-15-25)10-13-23-21(26)24-18-7-3-5-9-20(18)27-19-8-4-2-6-17(19)22/h2-9,16H,10-15H2,1H3,(H2,23,24,26). The first kappa shape index (κ1) is 19.5. The Hall–Kier alpha value is -2.24. The van der Waals surface area contributed by atoms with Crippen LogP contribution in [0.1, 0.15) is 19.3 Å². The van der Waals surface area contributed by atoms with Gasteiger partial charge in [-0.15, -0.1) is 0 Å². The van der Waals surface area contributed by atoms with Crippen molar-refractivity contribution in [2.75, 3.05) is 32.0 Å². The van der Waals surface area contributed by atoms with Gasteiger partial charge in [-0.25, -0.2) is 4.79 Å². The van der Waals surface area contributed by atoms with Crippen LogP contribution in [0.3, 0.4) is 0 Å². The maximum Gasteiger partial charge on any atom is 0.319 e. The lowest BCUT2D eigenvalue weighted by Gasteiger charge is -2.28. The van der Waals surface area contributed by atoms with Crippen molar-refractivity contribution in [2.24, 2.45) is 5.92 Å². The highest BCUT2D eigenvalue weighted by Crippen LogP contribution is 2.33. The maximum absolute atomic E-state index is 12.3. The van der Waals surface area contributed by atoms with Gasteiger partial charge in [-0.3, -0.25) is 0 Å². The van der Waals surface area contributed by atoms with Crippen LogP contribution >= 0.6 is 11.6 Å². The number of para-hydroxylation sites is 3. The lowest BCUT2D eigenvalue weighted by atomic mass is 9.94. The molecule has 2 aromatic carbocycles. The average molecular weight is 388 g/mol. The Labute approximate surface area is 165 Å². The van der Waals surface area contributed by atoms with Crippen molar-refractivity contribution in [1.29, 1.82) is 0 Å². The molecule has 0 unspecified atom stereocenters. The van der Waals surface area contributed by atoms with Crippen LogP contribution in [0.15, 0.2) is 48.5 Å². The summed E-state index contributed by atoms with van der Waals surface area (Å²) in [7, 11) is 2.16.